The molecule has 0 radical (unpaired) electrons. The standard InChI is InChI=1S/C19H20N6O4S2.Na/c1-9-21-19(24-23-9)31-8-11-7-30-17-13(16(27)25(17)14(11)18(28)29)22-15(26)12(20)10-5-3-2-4-6-10;/h2-6,12-13,17H,7-8,20H2,1H3,(H,22,26)(H,28,29)(H,21,23,24);/q;+1/p-1/t12?,13?,17-;/m0./s1. The summed E-state index contributed by atoms with van der Waals surface area (Å²) in [5, 5.41) is 21.2. The number of nitrogens with two attached hydrogens (primary N) is 1. The van der Waals surface area contributed by atoms with Crippen LogP contribution < -0.4 is 45.7 Å². The summed E-state index contributed by atoms with van der Waals surface area (Å²) in [7, 11) is 0. The summed E-state index contributed by atoms with van der Waals surface area (Å²) in [4.78, 5) is 42.4. The Morgan fingerprint density at radius 2 is 2.12 bits per heavy atom. The van der Waals surface area contributed by atoms with E-state index in [0.29, 0.717) is 33.6 Å². The van der Waals surface area contributed by atoms with E-state index in [-0.39, 0.29) is 35.3 Å². The van der Waals surface area contributed by atoms with E-state index in [9.17, 15) is 19.5 Å². The second kappa shape index (κ2) is 10.4. The first-order valence-electron chi connectivity index (χ1n) is 9.37. The number of rotatable bonds is 7. The van der Waals surface area contributed by atoms with Crippen molar-refractivity contribution in [2.75, 3.05) is 11.5 Å². The van der Waals surface area contributed by atoms with Crippen LogP contribution in [0.25, 0.3) is 0 Å². The number of carboxylic acids is 1. The van der Waals surface area contributed by atoms with E-state index in [1.807, 2.05) is 6.07 Å². The minimum Gasteiger partial charge on any atom is -0.543 e. The Labute approximate surface area is 214 Å². The third-order valence-electron chi connectivity index (χ3n) is 4.93. The number of aromatic amines is 1. The average Bonchev–Trinajstić information content (AvgIpc) is 3.20. The number of hydrogen-bond acceptors (Lipinski definition) is 9. The molecule has 2 amide bonds. The van der Waals surface area contributed by atoms with E-state index in [4.69, 9.17) is 5.73 Å². The van der Waals surface area contributed by atoms with Gasteiger partial charge in [-0.25, -0.2) is 4.98 Å². The topological polar surface area (TPSA) is 157 Å². The van der Waals surface area contributed by atoms with Crippen molar-refractivity contribution in [3.8, 4) is 0 Å². The predicted molar refractivity (Wildman–Crippen MR) is 112 cm³/mol. The first-order chi connectivity index (χ1) is 14.9. The molecule has 3 heterocycles. The summed E-state index contributed by atoms with van der Waals surface area (Å²) >= 11 is 2.65. The van der Waals surface area contributed by atoms with Gasteiger partial charge in [0.15, 0.2) is 0 Å². The fourth-order valence-electron chi connectivity index (χ4n) is 3.38. The van der Waals surface area contributed by atoms with E-state index in [2.05, 4.69) is 20.5 Å². The molecule has 3 atom stereocenters. The number of benzene rings is 1. The summed E-state index contributed by atoms with van der Waals surface area (Å²) in [5.74, 6) is -1.08. The maximum Gasteiger partial charge on any atom is 1.00 e. The number of thioether (sulfide) groups is 2. The van der Waals surface area contributed by atoms with Gasteiger partial charge in [0.2, 0.25) is 11.1 Å². The van der Waals surface area contributed by atoms with Gasteiger partial charge in [0.1, 0.15) is 23.3 Å². The number of carbonyl (C=O) groups excluding carboxylic acids is 3. The molecule has 2 aliphatic rings. The van der Waals surface area contributed by atoms with Crippen LogP contribution in [-0.4, -0.2) is 60.8 Å². The normalized spacial score (nSPS) is 20.7. The van der Waals surface area contributed by atoms with Crippen molar-refractivity contribution in [2.24, 2.45) is 5.73 Å². The van der Waals surface area contributed by atoms with Crippen LogP contribution in [0, 0.1) is 6.92 Å². The molecule has 1 saturated heterocycles. The number of hydrogen-bond donors (Lipinski definition) is 3. The van der Waals surface area contributed by atoms with Gasteiger partial charge in [-0.05, 0) is 18.1 Å². The third-order valence-corrected chi connectivity index (χ3v) is 7.20. The molecular weight excluding hydrogens is 463 g/mol. The summed E-state index contributed by atoms with van der Waals surface area (Å²) in [6.07, 6.45) is 0. The van der Waals surface area contributed by atoms with E-state index in [1.54, 1.807) is 31.2 Å². The first kappa shape index (κ1) is 24.8. The predicted octanol–water partition coefficient (Wildman–Crippen LogP) is -3.69. The van der Waals surface area contributed by atoms with Crippen LogP contribution in [0.15, 0.2) is 46.8 Å². The quantitative estimate of drug-likeness (QED) is 0.205. The number of fused-ring (bicyclic) bond motifs is 1. The zero-order valence-corrected chi connectivity index (χ0v) is 21.0. The summed E-state index contributed by atoms with van der Waals surface area (Å²) in [5.41, 5.74) is 7.02. The van der Waals surface area contributed by atoms with Gasteiger partial charge in [0.25, 0.3) is 5.91 Å². The Hall–Kier alpha value is -1.83. The van der Waals surface area contributed by atoms with E-state index < -0.39 is 35.2 Å². The molecule has 0 bridgehead atoms. The maximum atomic E-state index is 12.7. The van der Waals surface area contributed by atoms with E-state index >= 15 is 0 Å². The van der Waals surface area contributed by atoms with E-state index in [1.165, 1.54) is 28.4 Å². The average molecular weight is 483 g/mol. The smallest absolute Gasteiger partial charge is 0.543 e. The molecule has 0 aliphatic carbocycles. The molecule has 4 rings (SSSR count). The summed E-state index contributed by atoms with van der Waals surface area (Å²) in [6, 6.07) is 7.04. The number of aryl methyl sites for hydroxylation is 1. The van der Waals surface area contributed by atoms with Crippen molar-refractivity contribution in [1.82, 2.24) is 25.4 Å². The van der Waals surface area contributed by atoms with Crippen molar-refractivity contribution in [3.63, 3.8) is 0 Å². The first-order valence-corrected chi connectivity index (χ1v) is 11.4. The third kappa shape index (κ3) is 4.90. The number of carbonyl (C=O) groups is 3. The zero-order valence-electron chi connectivity index (χ0n) is 17.4. The van der Waals surface area contributed by atoms with Gasteiger partial charge in [-0.1, -0.05) is 42.1 Å². The van der Waals surface area contributed by atoms with Crippen LogP contribution in [0.5, 0.6) is 0 Å². The maximum absolute atomic E-state index is 12.7. The molecular formula is C19H19N6NaO4S2. The molecule has 32 heavy (non-hydrogen) atoms. The Morgan fingerprint density at radius 3 is 2.75 bits per heavy atom. The molecule has 1 fully saturated rings. The molecule has 4 N–H and O–H groups in total. The fourth-order valence-corrected chi connectivity index (χ4v) is 5.70. The molecule has 1 aromatic carbocycles. The van der Waals surface area contributed by atoms with Crippen LogP contribution in [0.1, 0.15) is 17.4 Å². The van der Waals surface area contributed by atoms with Gasteiger partial charge in [-0.15, -0.1) is 16.9 Å². The monoisotopic (exact) mass is 482 g/mol. The second-order valence-electron chi connectivity index (χ2n) is 7.02. The van der Waals surface area contributed by atoms with Crippen LogP contribution in [-0.2, 0) is 14.4 Å². The molecule has 2 unspecified atom stereocenters. The van der Waals surface area contributed by atoms with Crippen molar-refractivity contribution in [3.05, 3.63) is 53.0 Å². The number of aromatic nitrogens is 3. The van der Waals surface area contributed by atoms with Crippen molar-refractivity contribution < 1.29 is 49.0 Å². The second-order valence-corrected chi connectivity index (χ2v) is 9.06. The molecule has 0 spiro atoms. The molecule has 10 nitrogen and oxygen atoms in total. The fraction of sp³-hybridized carbons (Fsp3) is 0.316. The number of β-lactam (4-membered cyclic amide) rings is 1. The van der Waals surface area contributed by atoms with Crippen LogP contribution in [0.3, 0.4) is 0 Å². The van der Waals surface area contributed by atoms with Gasteiger partial charge in [0.05, 0.1) is 11.7 Å². The largest absolute Gasteiger partial charge is 1.00 e. The number of aliphatic carboxylic acids is 1. The van der Waals surface area contributed by atoms with Gasteiger partial charge in [-0.2, -0.15) is 0 Å². The number of carboxylic acid groups (broad SMARTS) is 1. The Bertz CT molecular complexity index is 1060. The SMILES string of the molecule is Cc1nc(SCC2=C(C(=O)[O-])N3C(=O)C(NC(=O)C(N)c4ccccc4)[C@@H]3SC2)n[nH]1.[Na+]. The van der Waals surface area contributed by atoms with E-state index in [0.717, 1.165) is 0 Å². The molecule has 1 aromatic heterocycles. The van der Waals surface area contributed by atoms with Crippen molar-refractivity contribution >= 4 is 41.3 Å². The zero-order chi connectivity index (χ0) is 22.1. The van der Waals surface area contributed by atoms with Crippen LogP contribution in [0.4, 0.5) is 0 Å². The Balaban J connectivity index is 0.00000289. The minimum absolute atomic E-state index is 0. The van der Waals surface area contributed by atoms with Gasteiger partial charge in [-0.3, -0.25) is 19.6 Å². The number of amides is 2. The van der Waals surface area contributed by atoms with Crippen molar-refractivity contribution in [1.29, 1.82) is 0 Å². The number of nitrogens with one attached hydrogen (secondary N) is 2. The van der Waals surface area contributed by atoms with Crippen molar-refractivity contribution in [2.45, 2.75) is 29.5 Å². The molecule has 2 aliphatic heterocycles. The van der Waals surface area contributed by atoms with Gasteiger partial charge < -0.3 is 21.0 Å². The molecule has 13 heteroatoms. The van der Waals surface area contributed by atoms with Crippen LogP contribution in [0.2, 0.25) is 0 Å². The Morgan fingerprint density at radius 1 is 1.41 bits per heavy atom. The van der Waals surface area contributed by atoms with Crippen LogP contribution >= 0.6 is 23.5 Å². The minimum atomic E-state index is -1.42. The summed E-state index contributed by atoms with van der Waals surface area (Å²) in [6.45, 7) is 1.76. The number of nitrogens with zero attached hydrogens (tertiary/aromatic N) is 3. The molecule has 2 aromatic rings. The van der Waals surface area contributed by atoms with Gasteiger partial charge in [0, 0.05) is 11.5 Å². The Kier molecular flexibility index (Phi) is 8.06. The molecule has 0 saturated carbocycles. The summed E-state index contributed by atoms with van der Waals surface area (Å²) < 4.78 is 0. The van der Waals surface area contributed by atoms with Gasteiger partial charge >= 0.3 is 29.6 Å². The number of H-pyrrole nitrogens is 1. The molecule has 162 valence electrons.